The molecule has 1 aromatic carbocycles. The average Bonchev–Trinajstić information content (AvgIpc) is 2.91. The Morgan fingerprint density at radius 2 is 2.00 bits per heavy atom. The number of piperidine rings is 1. The minimum atomic E-state index is -0.713. The van der Waals surface area contributed by atoms with Crippen molar-refractivity contribution in [2.24, 2.45) is 0 Å². The van der Waals surface area contributed by atoms with Crippen LogP contribution in [0.4, 0.5) is 15.0 Å². The molecule has 0 atom stereocenters. The van der Waals surface area contributed by atoms with Crippen molar-refractivity contribution >= 4 is 28.7 Å². The number of aromatic nitrogens is 2. The van der Waals surface area contributed by atoms with Crippen LogP contribution in [-0.2, 0) is 4.79 Å². The highest BCUT2D eigenvalue weighted by atomic mass is 19.1. The molecule has 2 aliphatic rings. The number of benzene rings is 1. The molecule has 0 unspecified atom stereocenters. The number of halogens is 1. The number of carbonyl (C=O) groups excluding carboxylic acids is 2. The van der Waals surface area contributed by atoms with Crippen LogP contribution in [0.5, 0.6) is 0 Å². The lowest BCUT2D eigenvalue weighted by molar-refractivity contribution is -0.132. The van der Waals surface area contributed by atoms with E-state index in [-0.39, 0.29) is 17.8 Å². The molecule has 28 heavy (non-hydrogen) atoms. The number of nitrogens with zero attached hydrogens (tertiary/aromatic N) is 3. The molecule has 0 saturated carbocycles. The number of urea groups is 1. The molecule has 148 valence electrons. The first kappa shape index (κ1) is 18.5. The fourth-order valence-corrected chi connectivity index (χ4v) is 3.84. The number of carbonyl (C=O) groups is 2. The lowest BCUT2D eigenvalue weighted by Crippen LogP contribution is -2.53. The van der Waals surface area contributed by atoms with Gasteiger partial charge in [-0.25, -0.2) is 19.2 Å². The lowest BCUT2D eigenvalue weighted by atomic mass is 9.88. The van der Waals surface area contributed by atoms with E-state index in [1.807, 2.05) is 0 Å². The number of amides is 3. The smallest absolute Gasteiger partial charge is 0.325 e. The van der Waals surface area contributed by atoms with E-state index in [2.05, 4.69) is 25.9 Å². The highest BCUT2D eigenvalue weighted by molar-refractivity contribution is 6.07. The van der Waals surface area contributed by atoms with Gasteiger partial charge in [0.1, 0.15) is 23.5 Å². The molecule has 1 spiro atoms. The zero-order valence-corrected chi connectivity index (χ0v) is 15.5. The zero-order chi connectivity index (χ0) is 19.6. The average molecular weight is 386 g/mol. The van der Waals surface area contributed by atoms with Crippen molar-refractivity contribution in [1.29, 1.82) is 0 Å². The van der Waals surface area contributed by atoms with Gasteiger partial charge in [0.25, 0.3) is 5.91 Å². The third-order valence-corrected chi connectivity index (χ3v) is 5.40. The Bertz CT molecular complexity index is 899. The van der Waals surface area contributed by atoms with Crippen LogP contribution in [0.25, 0.3) is 10.9 Å². The number of hydrogen-bond donors (Lipinski definition) is 3. The van der Waals surface area contributed by atoms with Gasteiger partial charge in [-0.3, -0.25) is 9.69 Å². The van der Waals surface area contributed by atoms with E-state index in [9.17, 15) is 14.0 Å². The summed E-state index contributed by atoms with van der Waals surface area (Å²) in [5.74, 6) is 0.210. The van der Waals surface area contributed by atoms with E-state index in [1.54, 1.807) is 6.07 Å². The Morgan fingerprint density at radius 1 is 1.18 bits per heavy atom. The van der Waals surface area contributed by atoms with Gasteiger partial charge in [-0.15, -0.1) is 0 Å². The SMILES string of the molecule is O=C1NC2(CCNCC2)C(=O)N1CCCCNc1ncnc2cc(F)ccc12. The van der Waals surface area contributed by atoms with Crippen molar-refractivity contribution < 1.29 is 14.0 Å². The first-order valence-electron chi connectivity index (χ1n) is 9.58. The number of hydrogen-bond acceptors (Lipinski definition) is 6. The maximum atomic E-state index is 13.3. The van der Waals surface area contributed by atoms with Crippen LogP contribution < -0.4 is 16.0 Å². The van der Waals surface area contributed by atoms with Crippen molar-refractivity contribution in [2.75, 3.05) is 31.5 Å². The lowest BCUT2D eigenvalue weighted by Gasteiger charge is -2.31. The summed E-state index contributed by atoms with van der Waals surface area (Å²) in [4.78, 5) is 34.6. The van der Waals surface area contributed by atoms with E-state index in [0.717, 1.165) is 24.9 Å². The summed E-state index contributed by atoms with van der Waals surface area (Å²) in [6, 6.07) is 4.11. The predicted octanol–water partition coefficient (Wildman–Crippen LogP) is 1.63. The highest BCUT2D eigenvalue weighted by Gasteiger charge is 2.50. The van der Waals surface area contributed by atoms with Crippen molar-refractivity contribution in [2.45, 2.75) is 31.2 Å². The van der Waals surface area contributed by atoms with Gasteiger partial charge < -0.3 is 16.0 Å². The molecule has 2 fully saturated rings. The monoisotopic (exact) mass is 386 g/mol. The topological polar surface area (TPSA) is 99.2 Å². The van der Waals surface area contributed by atoms with E-state index in [1.165, 1.54) is 23.4 Å². The number of imide groups is 1. The van der Waals surface area contributed by atoms with Gasteiger partial charge in [0.2, 0.25) is 0 Å². The Kier molecular flexibility index (Phi) is 5.08. The molecule has 2 saturated heterocycles. The molecule has 8 nitrogen and oxygen atoms in total. The van der Waals surface area contributed by atoms with E-state index in [4.69, 9.17) is 0 Å². The van der Waals surface area contributed by atoms with Crippen molar-refractivity contribution in [3.8, 4) is 0 Å². The quantitative estimate of drug-likeness (QED) is 0.516. The summed E-state index contributed by atoms with van der Waals surface area (Å²) in [5.41, 5.74) is -0.167. The molecule has 0 bridgehead atoms. The summed E-state index contributed by atoms with van der Waals surface area (Å²) < 4.78 is 13.3. The molecule has 3 heterocycles. The molecule has 4 rings (SSSR count). The minimum absolute atomic E-state index is 0.101. The van der Waals surface area contributed by atoms with E-state index < -0.39 is 5.54 Å². The summed E-state index contributed by atoms with van der Waals surface area (Å²) in [7, 11) is 0. The first-order chi connectivity index (χ1) is 13.6. The van der Waals surface area contributed by atoms with E-state index >= 15 is 0 Å². The molecule has 3 N–H and O–H groups in total. The van der Waals surface area contributed by atoms with Gasteiger partial charge in [-0.2, -0.15) is 0 Å². The van der Waals surface area contributed by atoms with Gasteiger partial charge in [-0.05, 0) is 50.9 Å². The Morgan fingerprint density at radius 3 is 2.82 bits per heavy atom. The van der Waals surface area contributed by atoms with Gasteiger partial charge in [0.15, 0.2) is 0 Å². The standard InChI is InChI=1S/C19H23FN6O2/c20-13-3-4-14-15(11-13)23-12-24-16(14)22-7-1-2-10-26-17(27)19(25-18(26)28)5-8-21-9-6-19/h3-4,11-12,21H,1-2,5-10H2,(H,25,28)(H,22,23,24). The first-order valence-corrected chi connectivity index (χ1v) is 9.58. The number of anilines is 1. The normalized spacial score (nSPS) is 18.7. The molecule has 0 aliphatic carbocycles. The molecule has 9 heteroatoms. The summed E-state index contributed by atoms with van der Waals surface area (Å²) >= 11 is 0. The van der Waals surface area contributed by atoms with Crippen LogP contribution in [0, 0.1) is 5.82 Å². The molecule has 1 aromatic heterocycles. The molecular formula is C19H23FN6O2. The van der Waals surface area contributed by atoms with Crippen LogP contribution in [-0.4, -0.2) is 58.5 Å². The van der Waals surface area contributed by atoms with Crippen LogP contribution in [0.2, 0.25) is 0 Å². The maximum Gasteiger partial charge on any atom is 0.325 e. The van der Waals surface area contributed by atoms with Crippen molar-refractivity contribution in [3.05, 3.63) is 30.3 Å². The Hall–Kier alpha value is -2.81. The second-order valence-electron chi connectivity index (χ2n) is 7.24. The molecule has 0 radical (unpaired) electrons. The molecule has 3 amide bonds. The predicted molar refractivity (Wildman–Crippen MR) is 102 cm³/mol. The minimum Gasteiger partial charge on any atom is -0.369 e. The van der Waals surface area contributed by atoms with Crippen LogP contribution in [0.3, 0.4) is 0 Å². The third-order valence-electron chi connectivity index (χ3n) is 5.40. The highest BCUT2D eigenvalue weighted by Crippen LogP contribution is 2.27. The third kappa shape index (κ3) is 3.49. The van der Waals surface area contributed by atoms with Gasteiger partial charge in [0.05, 0.1) is 5.52 Å². The molecule has 2 aromatic rings. The maximum absolute atomic E-state index is 13.3. The largest absolute Gasteiger partial charge is 0.369 e. The second-order valence-corrected chi connectivity index (χ2v) is 7.24. The van der Waals surface area contributed by atoms with E-state index in [0.29, 0.717) is 43.7 Å². The summed E-state index contributed by atoms with van der Waals surface area (Å²) in [5, 5.41) is 10.1. The summed E-state index contributed by atoms with van der Waals surface area (Å²) in [6.45, 7) is 2.50. The number of fused-ring (bicyclic) bond motifs is 1. The fourth-order valence-electron chi connectivity index (χ4n) is 3.84. The molecule has 2 aliphatic heterocycles. The Balaban J connectivity index is 1.29. The Labute approximate surface area is 161 Å². The van der Waals surface area contributed by atoms with Crippen LogP contribution in [0.15, 0.2) is 24.5 Å². The second kappa shape index (κ2) is 7.67. The van der Waals surface area contributed by atoms with Gasteiger partial charge in [0, 0.05) is 24.5 Å². The molecular weight excluding hydrogens is 363 g/mol. The fraction of sp³-hybridized carbons (Fsp3) is 0.474. The van der Waals surface area contributed by atoms with Gasteiger partial charge >= 0.3 is 6.03 Å². The van der Waals surface area contributed by atoms with Crippen LogP contribution in [0.1, 0.15) is 25.7 Å². The number of unbranched alkanes of at least 4 members (excludes halogenated alkanes) is 1. The zero-order valence-electron chi connectivity index (χ0n) is 15.5. The van der Waals surface area contributed by atoms with Gasteiger partial charge in [-0.1, -0.05) is 0 Å². The number of nitrogens with one attached hydrogen (secondary N) is 3. The number of rotatable bonds is 6. The van der Waals surface area contributed by atoms with Crippen molar-refractivity contribution in [3.63, 3.8) is 0 Å². The van der Waals surface area contributed by atoms with Crippen molar-refractivity contribution in [1.82, 2.24) is 25.5 Å². The summed E-state index contributed by atoms with van der Waals surface area (Å²) in [6.07, 6.45) is 4.13. The van der Waals surface area contributed by atoms with Crippen LogP contribution >= 0.6 is 0 Å².